The summed E-state index contributed by atoms with van der Waals surface area (Å²) < 4.78 is 0. The van der Waals surface area contributed by atoms with Gasteiger partial charge in [-0.3, -0.25) is 10.1 Å². The normalized spacial score (nSPS) is 26.1. The van der Waals surface area contributed by atoms with Gasteiger partial charge in [0, 0.05) is 6.04 Å². The van der Waals surface area contributed by atoms with E-state index in [9.17, 15) is 14.7 Å². The van der Waals surface area contributed by atoms with Crippen LogP contribution >= 0.6 is 0 Å². The minimum Gasteiger partial charge on any atom is -0.392 e. The van der Waals surface area contributed by atoms with Crippen molar-refractivity contribution >= 4 is 11.9 Å². The second-order valence-electron chi connectivity index (χ2n) is 3.40. The third kappa shape index (κ3) is 3.31. The summed E-state index contributed by atoms with van der Waals surface area (Å²) in [6.07, 6.45) is 2.17. The number of carbonyl (C=O) groups excluding carboxylic acids is 2. The average Bonchev–Trinajstić information content (AvgIpc) is 2.46. The number of aliphatic hydroxyl groups excluding tert-OH is 1. The largest absolute Gasteiger partial charge is 0.392 e. The Hall–Kier alpha value is -1.14. The maximum absolute atomic E-state index is 11.0. The van der Waals surface area contributed by atoms with E-state index < -0.39 is 18.0 Å². The molecule has 0 radical (unpaired) electrons. The Labute approximate surface area is 81.8 Å². The Kier molecular flexibility index (Phi) is 3.84. The van der Waals surface area contributed by atoms with Crippen LogP contribution in [-0.4, -0.2) is 35.7 Å². The second-order valence-corrected chi connectivity index (χ2v) is 3.40. The van der Waals surface area contributed by atoms with Crippen LogP contribution in [0.1, 0.15) is 19.3 Å². The number of urea groups is 1. The molecule has 0 aliphatic heterocycles. The number of nitrogens with two attached hydrogens (primary N) is 1. The van der Waals surface area contributed by atoms with Gasteiger partial charge >= 0.3 is 6.03 Å². The van der Waals surface area contributed by atoms with Crippen molar-refractivity contribution in [2.45, 2.75) is 31.4 Å². The minimum absolute atomic E-state index is 0.00463. The number of nitrogens with one attached hydrogen (secondary N) is 2. The van der Waals surface area contributed by atoms with Crippen LogP contribution in [0.25, 0.3) is 0 Å². The quantitative estimate of drug-likeness (QED) is 0.454. The Morgan fingerprint density at radius 2 is 2.14 bits per heavy atom. The highest BCUT2D eigenvalue weighted by Crippen LogP contribution is 2.18. The zero-order chi connectivity index (χ0) is 10.6. The van der Waals surface area contributed by atoms with Crippen LogP contribution in [0.2, 0.25) is 0 Å². The zero-order valence-electron chi connectivity index (χ0n) is 7.82. The number of hydrogen-bond acceptors (Lipinski definition) is 4. The van der Waals surface area contributed by atoms with Crippen LogP contribution in [0, 0.1) is 0 Å². The maximum atomic E-state index is 11.0. The SMILES string of the molecule is NC(=O)NC(=O)CNC1CCCC1O. The van der Waals surface area contributed by atoms with E-state index in [1.165, 1.54) is 0 Å². The molecule has 2 atom stereocenters. The molecule has 0 aromatic rings. The topological polar surface area (TPSA) is 104 Å². The van der Waals surface area contributed by atoms with Crippen molar-refractivity contribution in [3.63, 3.8) is 0 Å². The summed E-state index contributed by atoms with van der Waals surface area (Å²) in [5, 5.41) is 14.2. The summed E-state index contributed by atoms with van der Waals surface area (Å²) in [6, 6.07) is -0.905. The first kappa shape index (κ1) is 10.9. The molecule has 1 fully saturated rings. The molecule has 0 spiro atoms. The molecule has 1 aliphatic carbocycles. The van der Waals surface area contributed by atoms with Gasteiger partial charge in [-0.1, -0.05) is 0 Å². The van der Waals surface area contributed by atoms with Crippen LogP contribution in [0.15, 0.2) is 0 Å². The molecule has 14 heavy (non-hydrogen) atoms. The molecule has 80 valence electrons. The predicted molar refractivity (Wildman–Crippen MR) is 49.4 cm³/mol. The van der Waals surface area contributed by atoms with E-state index in [0.717, 1.165) is 19.3 Å². The van der Waals surface area contributed by atoms with Gasteiger partial charge in [-0.05, 0) is 19.3 Å². The molecule has 1 aliphatic rings. The molecule has 5 N–H and O–H groups in total. The standard InChI is InChI=1S/C8H15N3O3/c9-8(14)11-7(13)4-10-5-2-1-3-6(5)12/h5-6,10,12H,1-4H2,(H3,9,11,13,14). The summed E-state index contributed by atoms with van der Waals surface area (Å²) in [4.78, 5) is 21.2. The first-order valence-corrected chi connectivity index (χ1v) is 4.60. The Balaban J connectivity index is 2.19. The molecule has 1 rings (SSSR count). The number of imide groups is 1. The van der Waals surface area contributed by atoms with E-state index in [1.807, 2.05) is 5.32 Å². The fourth-order valence-corrected chi connectivity index (χ4v) is 1.58. The van der Waals surface area contributed by atoms with Gasteiger partial charge in [-0.15, -0.1) is 0 Å². The highest BCUT2D eigenvalue weighted by Gasteiger charge is 2.24. The average molecular weight is 201 g/mol. The Morgan fingerprint density at radius 1 is 1.43 bits per heavy atom. The van der Waals surface area contributed by atoms with E-state index in [-0.39, 0.29) is 12.6 Å². The maximum Gasteiger partial charge on any atom is 0.318 e. The number of primary amides is 1. The Morgan fingerprint density at radius 3 is 2.64 bits per heavy atom. The lowest BCUT2D eigenvalue weighted by Crippen LogP contribution is -2.45. The van der Waals surface area contributed by atoms with Crippen molar-refractivity contribution in [1.29, 1.82) is 0 Å². The summed E-state index contributed by atoms with van der Waals surface area (Å²) in [5.41, 5.74) is 4.76. The van der Waals surface area contributed by atoms with E-state index in [4.69, 9.17) is 5.73 Å². The smallest absolute Gasteiger partial charge is 0.318 e. The Bertz CT molecular complexity index is 232. The molecule has 6 heteroatoms. The van der Waals surface area contributed by atoms with E-state index in [0.29, 0.717) is 0 Å². The van der Waals surface area contributed by atoms with Gasteiger partial charge in [0.05, 0.1) is 12.6 Å². The van der Waals surface area contributed by atoms with Crippen molar-refractivity contribution in [3.05, 3.63) is 0 Å². The molecule has 0 heterocycles. The van der Waals surface area contributed by atoms with Crippen molar-refractivity contribution in [2.24, 2.45) is 5.73 Å². The summed E-state index contributed by atoms with van der Waals surface area (Å²) in [5.74, 6) is -0.475. The lowest BCUT2D eigenvalue weighted by molar-refractivity contribution is -0.119. The summed E-state index contributed by atoms with van der Waals surface area (Å²) in [7, 11) is 0. The third-order valence-electron chi connectivity index (χ3n) is 2.27. The van der Waals surface area contributed by atoms with Crippen molar-refractivity contribution in [1.82, 2.24) is 10.6 Å². The van der Waals surface area contributed by atoms with Crippen LogP contribution in [0.4, 0.5) is 4.79 Å². The lowest BCUT2D eigenvalue weighted by atomic mass is 10.2. The van der Waals surface area contributed by atoms with Gasteiger partial charge in [-0.2, -0.15) is 0 Å². The molecule has 6 nitrogen and oxygen atoms in total. The molecular weight excluding hydrogens is 186 g/mol. The van der Waals surface area contributed by atoms with Gasteiger partial charge in [0.1, 0.15) is 0 Å². The highest BCUT2D eigenvalue weighted by molar-refractivity contribution is 5.94. The molecule has 2 unspecified atom stereocenters. The number of carbonyl (C=O) groups is 2. The van der Waals surface area contributed by atoms with Crippen molar-refractivity contribution < 1.29 is 14.7 Å². The fraction of sp³-hybridized carbons (Fsp3) is 0.750. The summed E-state index contributed by atoms with van der Waals surface area (Å²) in [6.45, 7) is 0.00463. The molecule has 0 aromatic carbocycles. The van der Waals surface area contributed by atoms with Crippen LogP contribution in [0.5, 0.6) is 0 Å². The molecule has 3 amide bonds. The molecular formula is C8H15N3O3. The molecule has 1 saturated carbocycles. The van der Waals surface area contributed by atoms with Gasteiger partial charge < -0.3 is 16.2 Å². The van der Waals surface area contributed by atoms with Crippen LogP contribution in [-0.2, 0) is 4.79 Å². The van der Waals surface area contributed by atoms with E-state index in [2.05, 4.69) is 5.32 Å². The number of amides is 3. The highest BCUT2D eigenvalue weighted by atomic mass is 16.3. The zero-order valence-corrected chi connectivity index (χ0v) is 7.82. The van der Waals surface area contributed by atoms with E-state index >= 15 is 0 Å². The lowest BCUT2D eigenvalue weighted by Gasteiger charge is -2.15. The van der Waals surface area contributed by atoms with Crippen molar-refractivity contribution in [3.8, 4) is 0 Å². The van der Waals surface area contributed by atoms with Crippen LogP contribution < -0.4 is 16.4 Å². The van der Waals surface area contributed by atoms with E-state index in [1.54, 1.807) is 0 Å². The summed E-state index contributed by atoms with van der Waals surface area (Å²) >= 11 is 0. The van der Waals surface area contributed by atoms with Crippen LogP contribution in [0.3, 0.4) is 0 Å². The van der Waals surface area contributed by atoms with Gasteiger partial charge in [0.15, 0.2) is 0 Å². The monoisotopic (exact) mass is 201 g/mol. The molecule has 0 saturated heterocycles. The minimum atomic E-state index is -0.858. The number of aliphatic hydroxyl groups is 1. The molecule has 0 bridgehead atoms. The predicted octanol–water partition coefficient (Wildman–Crippen LogP) is -1.32. The first-order chi connectivity index (χ1) is 6.59. The van der Waals surface area contributed by atoms with Gasteiger partial charge in [-0.25, -0.2) is 4.79 Å². The molecule has 0 aromatic heterocycles. The van der Waals surface area contributed by atoms with Gasteiger partial charge in [0.2, 0.25) is 5.91 Å². The third-order valence-corrected chi connectivity index (χ3v) is 2.27. The van der Waals surface area contributed by atoms with Crippen molar-refractivity contribution in [2.75, 3.05) is 6.54 Å². The fourth-order valence-electron chi connectivity index (χ4n) is 1.58. The number of hydrogen-bond donors (Lipinski definition) is 4. The second kappa shape index (κ2) is 4.92. The first-order valence-electron chi connectivity index (χ1n) is 4.60. The number of rotatable bonds is 3. The van der Waals surface area contributed by atoms with Gasteiger partial charge in [0.25, 0.3) is 0 Å².